The van der Waals surface area contributed by atoms with Gasteiger partial charge >= 0.3 is 0 Å². The zero-order chi connectivity index (χ0) is 13.3. The maximum Gasteiger partial charge on any atom is 0.296 e. The Labute approximate surface area is 108 Å². The summed E-state index contributed by atoms with van der Waals surface area (Å²) < 4.78 is 5.07. The van der Waals surface area contributed by atoms with E-state index in [1.54, 1.807) is 12.1 Å². The summed E-state index contributed by atoms with van der Waals surface area (Å²) in [7, 11) is 1.48. The number of hydrogen-bond donors (Lipinski definition) is 0. The molecule has 0 aromatic heterocycles. The second-order valence-electron chi connectivity index (χ2n) is 3.56. The molecule has 0 saturated carbocycles. The summed E-state index contributed by atoms with van der Waals surface area (Å²) in [6, 6.07) is 6.08. The SMILES string of the molecule is CN1C(=O)C(=Cc2ccccc2[N+](=O)[O-])OC1=S. The molecule has 0 unspecified atom stereocenters. The molecule has 1 fully saturated rings. The summed E-state index contributed by atoms with van der Waals surface area (Å²) >= 11 is 4.80. The first-order chi connectivity index (χ1) is 8.50. The minimum Gasteiger partial charge on any atom is -0.426 e. The highest BCUT2D eigenvalue weighted by molar-refractivity contribution is 7.80. The lowest BCUT2D eigenvalue weighted by atomic mass is 10.1. The monoisotopic (exact) mass is 264 g/mol. The molecule has 1 aliphatic rings. The van der Waals surface area contributed by atoms with Gasteiger partial charge in [0.25, 0.3) is 16.8 Å². The lowest BCUT2D eigenvalue weighted by Gasteiger charge is -2.00. The molecule has 6 nitrogen and oxygen atoms in total. The minimum atomic E-state index is -0.520. The molecule has 0 radical (unpaired) electrons. The summed E-state index contributed by atoms with van der Waals surface area (Å²) in [6.45, 7) is 0. The highest BCUT2D eigenvalue weighted by Crippen LogP contribution is 2.24. The van der Waals surface area contributed by atoms with Crippen molar-refractivity contribution in [2.75, 3.05) is 7.05 Å². The normalized spacial score (nSPS) is 17.2. The molecule has 1 saturated heterocycles. The fourth-order valence-corrected chi connectivity index (χ4v) is 1.64. The van der Waals surface area contributed by atoms with Gasteiger partial charge in [-0.1, -0.05) is 12.1 Å². The van der Waals surface area contributed by atoms with E-state index in [-0.39, 0.29) is 16.6 Å². The van der Waals surface area contributed by atoms with Crippen LogP contribution in [0, 0.1) is 10.1 Å². The highest BCUT2D eigenvalue weighted by Gasteiger charge is 2.30. The number of carbonyl (C=O) groups excluding carboxylic acids is 1. The Hall–Kier alpha value is -2.28. The molecule has 1 heterocycles. The zero-order valence-electron chi connectivity index (χ0n) is 9.32. The third-order valence-corrected chi connectivity index (χ3v) is 2.76. The van der Waals surface area contributed by atoms with Gasteiger partial charge in [-0.05, 0) is 18.3 Å². The molecule has 1 aliphatic heterocycles. The predicted molar refractivity (Wildman–Crippen MR) is 67.5 cm³/mol. The van der Waals surface area contributed by atoms with Gasteiger partial charge in [0, 0.05) is 19.2 Å². The molecule has 0 N–H and O–H groups in total. The first-order valence-electron chi connectivity index (χ1n) is 4.95. The Morgan fingerprint density at radius 2 is 2.11 bits per heavy atom. The van der Waals surface area contributed by atoms with Crippen molar-refractivity contribution >= 4 is 35.1 Å². The summed E-state index contributed by atoms with van der Waals surface area (Å²) in [6.07, 6.45) is 1.32. The molecule has 1 aromatic rings. The molecule has 0 bridgehead atoms. The number of rotatable bonds is 2. The average molecular weight is 264 g/mol. The molecule has 1 aromatic carbocycles. The molecular formula is C11H8N2O4S. The van der Waals surface area contributed by atoms with Crippen LogP contribution in [0.2, 0.25) is 0 Å². The largest absolute Gasteiger partial charge is 0.426 e. The molecule has 2 rings (SSSR count). The van der Waals surface area contributed by atoms with E-state index in [1.807, 2.05) is 0 Å². The van der Waals surface area contributed by atoms with Crippen LogP contribution in [0.4, 0.5) is 5.69 Å². The number of para-hydroxylation sites is 1. The van der Waals surface area contributed by atoms with Crippen LogP contribution in [-0.4, -0.2) is 28.0 Å². The Morgan fingerprint density at radius 1 is 1.44 bits per heavy atom. The van der Waals surface area contributed by atoms with Crippen LogP contribution in [0.5, 0.6) is 0 Å². The standard InChI is InChI=1S/C11H8N2O4S/c1-12-10(14)9(17-11(12)18)6-7-4-2-3-5-8(7)13(15)16/h2-6H,1H3. The number of benzene rings is 1. The quantitative estimate of drug-likeness (QED) is 0.352. The summed E-state index contributed by atoms with van der Waals surface area (Å²) in [5.41, 5.74) is 0.200. The number of nitrogens with zero attached hydrogens (tertiary/aromatic N) is 2. The summed E-state index contributed by atoms with van der Waals surface area (Å²) in [5.74, 6) is -0.435. The third kappa shape index (κ3) is 2.07. The Morgan fingerprint density at radius 3 is 2.67 bits per heavy atom. The van der Waals surface area contributed by atoms with Crippen molar-refractivity contribution < 1.29 is 14.5 Å². The Bertz CT molecular complexity index is 582. The lowest BCUT2D eigenvalue weighted by molar-refractivity contribution is -0.385. The van der Waals surface area contributed by atoms with E-state index >= 15 is 0 Å². The van der Waals surface area contributed by atoms with Gasteiger partial charge in [0.2, 0.25) is 0 Å². The third-order valence-electron chi connectivity index (χ3n) is 2.41. The van der Waals surface area contributed by atoms with Gasteiger partial charge in [0.15, 0.2) is 5.76 Å². The van der Waals surface area contributed by atoms with Gasteiger partial charge in [-0.3, -0.25) is 19.8 Å². The first kappa shape index (κ1) is 12.2. The van der Waals surface area contributed by atoms with E-state index in [4.69, 9.17) is 17.0 Å². The molecule has 0 atom stereocenters. The number of carbonyl (C=O) groups is 1. The molecular weight excluding hydrogens is 256 g/mol. The number of nitro benzene ring substituents is 1. The average Bonchev–Trinajstić information content (AvgIpc) is 2.57. The van der Waals surface area contributed by atoms with Crippen LogP contribution >= 0.6 is 12.2 Å². The van der Waals surface area contributed by atoms with E-state index in [1.165, 1.54) is 25.3 Å². The number of thiocarbonyl (C=S) groups is 1. The van der Waals surface area contributed by atoms with Crippen LogP contribution in [0.1, 0.15) is 5.56 Å². The predicted octanol–water partition coefficient (Wildman–Crippen LogP) is 1.71. The topological polar surface area (TPSA) is 72.7 Å². The molecule has 18 heavy (non-hydrogen) atoms. The Balaban J connectivity index is 2.43. The number of ether oxygens (including phenoxy) is 1. The second kappa shape index (κ2) is 4.53. The van der Waals surface area contributed by atoms with Crippen molar-refractivity contribution in [2.24, 2.45) is 0 Å². The number of likely N-dealkylation sites (N-methyl/N-ethyl adjacent to an activating group) is 1. The van der Waals surface area contributed by atoms with Gasteiger partial charge in [0.05, 0.1) is 10.5 Å². The highest BCUT2D eigenvalue weighted by atomic mass is 32.1. The molecule has 0 spiro atoms. The number of hydrogen-bond acceptors (Lipinski definition) is 5. The number of nitro groups is 1. The summed E-state index contributed by atoms with van der Waals surface area (Å²) in [4.78, 5) is 23.1. The first-order valence-corrected chi connectivity index (χ1v) is 5.36. The Kier molecular flexibility index (Phi) is 3.07. The zero-order valence-corrected chi connectivity index (χ0v) is 10.1. The molecule has 1 amide bonds. The number of amides is 1. The van der Waals surface area contributed by atoms with Crippen molar-refractivity contribution in [3.8, 4) is 0 Å². The summed E-state index contributed by atoms with van der Waals surface area (Å²) in [5, 5.41) is 10.9. The van der Waals surface area contributed by atoms with E-state index < -0.39 is 10.8 Å². The van der Waals surface area contributed by atoms with Gasteiger partial charge < -0.3 is 4.74 Å². The fourth-order valence-electron chi connectivity index (χ4n) is 1.46. The maximum atomic E-state index is 11.7. The van der Waals surface area contributed by atoms with Crippen molar-refractivity contribution in [1.82, 2.24) is 4.90 Å². The molecule has 92 valence electrons. The fraction of sp³-hybridized carbons (Fsp3) is 0.0909. The van der Waals surface area contributed by atoms with Gasteiger partial charge in [-0.25, -0.2) is 0 Å². The van der Waals surface area contributed by atoms with Crippen LogP contribution in [0.25, 0.3) is 6.08 Å². The van der Waals surface area contributed by atoms with Crippen LogP contribution in [-0.2, 0) is 9.53 Å². The van der Waals surface area contributed by atoms with E-state index in [0.29, 0.717) is 5.56 Å². The van der Waals surface area contributed by atoms with Crippen LogP contribution in [0.3, 0.4) is 0 Å². The van der Waals surface area contributed by atoms with Gasteiger partial charge in [0.1, 0.15) is 0 Å². The van der Waals surface area contributed by atoms with Gasteiger partial charge in [-0.15, -0.1) is 0 Å². The smallest absolute Gasteiger partial charge is 0.296 e. The molecule has 0 aliphatic carbocycles. The van der Waals surface area contributed by atoms with Crippen molar-refractivity contribution in [3.05, 3.63) is 45.7 Å². The van der Waals surface area contributed by atoms with Crippen LogP contribution < -0.4 is 0 Å². The van der Waals surface area contributed by atoms with Crippen molar-refractivity contribution in [3.63, 3.8) is 0 Å². The van der Waals surface area contributed by atoms with E-state index in [9.17, 15) is 14.9 Å². The molecule has 7 heteroatoms. The second-order valence-corrected chi connectivity index (χ2v) is 3.91. The minimum absolute atomic E-state index is 0.0169. The lowest BCUT2D eigenvalue weighted by Crippen LogP contribution is -2.22. The van der Waals surface area contributed by atoms with Crippen LogP contribution in [0.15, 0.2) is 30.0 Å². The van der Waals surface area contributed by atoms with E-state index in [2.05, 4.69) is 0 Å². The van der Waals surface area contributed by atoms with Crippen molar-refractivity contribution in [2.45, 2.75) is 0 Å². The van der Waals surface area contributed by atoms with Crippen molar-refractivity contribution in [1.29, 1.82) is 0 Å². The maximum absolute atomic E-state index is 11.7. The van der Waals surface area contributed by atoms with E-state index in [0.717, 1.165) is 4.90 Å². The van der Waals surface area contributed by atoms with Gasteiger partial charge in [-0.2, -0.15) is 0 Å².